The first kappa shape index (κ1) is 12.6. The highest BCUT2D eigenvalue weighted by atomic mass is 19.4. The van der Waals surface area contributed by atoms with E-state index in [1.54, 1.807) is 6.92 Å². The van der Waals surface area contributed by atoms with Gasteiger partial charge in [-0.3, -0.25) is 0 Å². The van der Waals surface area contributed by atoms with Crippen LogP contribution in [0.4, 0.5) is 13.2 Å². The smallest absolute Gasteiger partial charge is 0.490 e. The first-order valence-electron chi connectivity index (χ1n) is 4.59. The SMILES string of the molecule is CCOc1c(CO)cccc1OC(F)(F)F. The average molecular weight is 236 g/mol. The predicted octanol–water partition coefficient (Wildman–Crippen LogP) is 2.48. The lowest BCUT2D eigenvalue weighted by molar-refractivity contribution is -0.275. The second-order valence-electron chi connectivity index (χ2n) is 2.88. The van der Waals surface area contributed by atoms with Gasteiger partial charge in [0.1, 0.15) is 0 Å². The van der Waals surface area contributed by atoms with Gasteiger partial charge in [0.25, 0.3) is 0 Å². The van der Waals surface area contributed by atoms with Crippen LogP contribution >= 0.6 is 0 Å². The molecule has 1 aromatic carbocycles. The molecule has 0 radical (unpaired) electrons. The van der Waals surface area contributed by atoms with Gasteiger partial charge in [-0.2, -0.15) is 0 Å². The number of hydrogen-bond donors (Lipinski definition) is 1. The molecule has 0 unspecified atom stereocenters. The van der Waals surface area contributed by atoms with E-state index in [9.17, 15) is 13.2 Å². The van der Waals surface area contributed by atoms with E-state index in [2.05, 4.69) is 4.74 Å². The first-order chi connectivity index (χ1) is 7.48. The summed E-state index contributed by atoms with van der Waals surface area (Å²) in [5, 5.41) is 8.95. The van der Waals surface area contributed by atoms with E-state index >= 15 is 0 Å². The number of alkyl halides is 3. The quantitative estimate of drug-likeness (QED) is 0.872. The van der Waals surface area contributed by atoms with Crippen molar-refractivity contribution < 1.29 is 27.8 Å². The van der Waals surface area contributed by atoms with Crippen molar-refractivity contribution in [3.8, 4) is 11.5 Å². The molecule has 1 aromatic rings. The van der Waals surface area contributed by atoms with E-state index < -0.39 is 18.7 Å². The molecule has 0 fully saturated rings. The highest BCUT2D eigenvalue weighted by Gasteiger charge is 2.32. The van der Waals surface area contributed by atoms with Crippen LogP contribution in [0.15, 0.2) is 18.2 Å². The fourth-order valence-corrected chi connectivity index (χ4v) is 1.20. The monoisotopic (exact) mass is 236 g/mol. The van der Waals surface area contributed by atoms with E-state index in [1.807, 2.05) is 0 Å². The summed E-state index contributed by atoms with van der Waals surface area (Å²) in [4.78, 5) is 0. The highest BCUT2D eigenvalue weighted by Crippen LogP contribution is 2.35. The normalized spacial score (nSPS) is 11.3. The number of para-hydroxylation sites is 1. The summed E-state index contributed by atoms with van der Waals surface area (Å²) < 4.78 is 45.0. The number of rotatable bonds is 4. The zero-order chi connectivity index (χ0) is 12.2. The number of hydrogen-bond acceptors (Lipinski definition) is 3. The van der Waals surface area contributed by atoms with Gasteiger partial charge < -0.3 is 14.6 Å². The third-order valence-electron chi connectivity index (χ3n) is 1.75. The molecule has 1 N–H and O–H groups in total. The van der Waals surface area contributed by atoms with E-state index in [-0.39, 0.29) is 17.9 Å². The molecule has 6 heteroatoms. The average Bonchev–Trinajstić information content (AvgIpc) is 2.18. The number of benzene rings is 1. The molecule has 0 saturated heterocycles. The molecule has 3 nitrogen and oxygen atoms in total. The molecule has 0 aliphatic heterocycles. The lowest BCUT2D eigenvalue weighted by Gasteiger charge is -2.15. The maximum Gasteiger partial charge on any atom is 0.573 e. The van der Waals surface area contributed by atoms with Crippen molar-refractivity contribution in [3.05, 3.63) is 23.8 Å². The van der Waals surface area contributed by atoms with Gasteiger partial charge in [0.05, 0.1) is 13.2 Å². The molecule has 0 heterocycles. The van der Waals surface area contributed by atoms with Crippen molar-refractivity contribution in [1.29, 1.82) is 0 Å². The second kappa shape index (κ2) is 5.07. The van der Waals surface area contributed by atoms with Crippen LogP contribution in [-0.4, -0.2) is 18.1 Å². The van der Waals surface area contributed by atoms with Crippen molar-refractivity contribution >= 4 is 0 Å². The van der Waals surface area contributed by atoms with E-state index in [0.29, 0.717) is 0 Å². The van der Waals surface area contributed by atoms with Gasteiger partial charge in [-0.15, -0.1) is 13.2 Å². The Labute approximate surface area is 90.4 Å². The Kier molecular flexibility index (Phi) is 4.00. The Morgan fingerprint density at radius 3 is 2.50 bits per heavy atom. The lowest BCUT2D eigenvalue weighted by atomic mass is 10.2. The maximum absolute atomic E-state index is 12.1. The van der Waals surface area contributed by atoms with Crippen LogP contribution in [0.3, 0.4) is 0 Å². The Balaban J connectivity index is 3.06. The summed E-state index contributed by atoms with van der Waals surface area (Å²) in [5.41, 5.74) is 0.253. The fraction of sp³-hybridized carbons (Fsp3) is 0.400. The van der Waals surface area contributed by atoms with Gasteiger partial charge in [0, 0.05) is 5.56 Å². The van der Waals surface area contributed by atoms with Gasteiger partial charge in [0.15, 0.2) is 11.5 Å². The highest BCUT2D eigenvalue weighted by molar-refractivity contribution is 5.46. The van der Waals surface area contributed by atoms with Crippen LogP contribution in [0, 0.1) is 0 Å². The Bertz CT molecular complexity index is 350. The van der Waals surface area contributed by atoms with Crippen LogP contribution in [0.5, 0.6) is 11.5 Å². The van der Waals surface area contributed by atoms with Crippen molar-refractivity contribution in [1.82, 2.24) is 0 Å². The maximum atomic E-state index is 12.1. The van der Waals surface area contributed by atoms with Gasteiger partial charge in [-0.05, 0) is 13.0 Å². The van der Waals surface area contributed by atoms with Gasteiger partial charge in [0.2, 0.25) is 0 Å². The van der Waals surface area contributed by atoms with Crippen LogP contribution in [-0.2, 0) is 6.61 Å². The van der Waals surface area contributed by atoms with Gasteiger partial charge in [-0.1, -0.05) is 12.1 Å². The fourth-order valence-electron chi connectivity index (χ4n) is 1.20. The molecule has 0 atom stereocenters. The molecular weight excluding hydrogens is 225 g/mol. The summed E-state index contributed by atoms with van der Waals surface area (Å²) in [6, 6.07) is 3.96. The van der Waals surface area contributed by atoms with Crippen LogP contribution in [0.25, 0.3) is 0 Å². The minimum Gasteiger partial charge on any atom is -0.490 e. The number of aliphatic hydroxyl groups is 1. The molecule has 0 amide bonds. The summed E-state index contributed by atoms with van der Waals surface area (Å²) in [7, 11) is 0. The zero-order valence-corrected chi connectivity index (χ0v) is 8.54. The summed E-state index contributed by atoms with van der Waals surface area (Å²) in [6.07, 6.45) is -4.78. The standard InChI is InChI=1S/C10H11F3O3/c1-2-15-9-7(6-14)4-3-5-8(9)16-10(11,12)13/h3-5,14H,2,6H2,1H3. The molecule has 0 aliphatic carbocycles. The molecule has 0 bridgehead atoms. The Hall–Kier alpha value is -1.43. The van der Waals surface area contributed by atoms with E-state index in [4.69, 9.17) is 9.84 Å². The zero-order valence-electron chi connectivity index (χ0n) is 8.54. The predicted molar refractivity (Wildman–Crippen MR) is 50.2 cm³/mol. The Morgan fingerprint density at radius 2 is 2.00 bits per heavy atom. The van der Waals surface area contributed by atoms with Crippen molar-refractivity contribution in [2.75, 3.05) is 6.61 Å². The first-order valence-corrected chi connectivity index (χ1v) is 4.59. The lowest BCUT2D eigenvalue weighted by Crippen LogP contribution is -2.18. The van der Waals surface area contributed by atoms with Crippen LogP contribution in [0.2, 0.25) is 0 Å². The third kappa shape index (κ3) is 3.30. The third-order valence-corrected chi connectivity index (χ3v) is 1.75. The molecule has 0 saturated carbocycles. The van der Waals surface area contributed by atoms with Crippen molar-refractivity contribution in [3.63, 3.8) is 0 Å². The number of ether oxygens (including phenoxy) is 2. The molecule has 90 valence electrons. The largest absolute Gasteiger partial charge is 0.573 e. The number of aliphatic hydroxyl groups excluding tert-OH is 1. The molecule has 0 aliphatic rings. The number of halogens is 3. The van der Waals surface area contributed by atoms with E-state index in [1.165, 1.54) is 12.1 Å². The second-order valence-corrected chi connectivity index (χ2v) is 2.88. The molecule has 16 heavy (non-hydrogen) atoms. The summed E-state index contributed by atoms with van der Waals surface area (Å²) in [5.74, 6) is -0.522. The van der Waals surface area contributed by atoms with Crippen molar-refractivity contribution in [2.24, 2.45) is 0 Å². The van der Waals surface area contributed by atoms with Crippen molar-refractivity contribution in [2.45, 2.75) is 19.9 Å². The summed E-state index contributed by atoms with van der Waals surface area (Å²) >= 11 is 0. The van der Waals surface area contributed by atoms with Gasteiger partial charge in [-0.25, -0.2) is 0 Å². The molecule has 1 rings (SSSR count). The minimum absolute atomic E-state index is 0.0789. The topological polar surface area (TPSA) is 38.7 Å². The molecule has 0 spiro atoms. The van der Waals surface area contributed by atoms with Gasteiger partial charge >= 0.3 is 6.36 Å². The van der Waals surface area contributed by atoms with Crippen LogP contribution < -0.4 is 9.47 Å². The minimum atomic E-state index is -4.78. The Morgan fingerprint density at radius 1 is 1.31 bits per heavy atom. The molecule has 0 aromatic heterocycles. The van der Waals surface area contributed by atoms with Crippen LogP contribution in [0.1, 0.15) is 12.5 Å². The summed E-state index contributed by atoms with van der Waals surface area (Å²) in [6.45, 7) is 1.40. The van der Waals surface area contributed by atoms with E-state index in [0.717, 1.165) is 6.07 Å². The molecular formula is C10H11F3O3.